The van der Waals surface area contributed by atoms with Gasteiger partial charge in [0.25, 0.3) is 0 Å². The highest BCUT2D eigenvalue weighted by Gasteiger charge is 2.15. The van der Waals surface area contributed by atoms with Crippen molar-refractivity contribution in [3.8, 4) is 0 Å². The second kappa shape index (κ2) is 4.39. The SMILES string of the molecule is Cc1cccc(C(N)c2ccn(C)n2)c1Br. The molecule has 1 atom stereocenters. The monoisotopic (exact) mass is 279 g/mol. The van der Waals surface area contributed by atoms with E-state index in [4.69, 9.17) is 5.73 Å². The Morgan fingerprint density at radius 1 is 1.38 bits per heavy atom. The first-order valence-corrected chi connectivity index (χ1v) is 5.89. The summed E-state index contributed by atoms with van der Waals surface area (Å²) >= 11 is 3.57. The fourth-order valence-electron chi connectivity index (χ4n) is 1.67. The van der Waals surface area contributed by atoms with Gasteiger partial charge in [-0.15, -0.1) is 0 Å². The predicted octanol–water partition coefficient (Wildman–Crippen LogP) is 2.54. The van der Waals surface area contributed by atoms with Gasteiger partial charge in [0, 0.05) is 17.7 Å². The third-order valence-corrected chi connectivity index (χ3v) is 3.69. The molecule has 0 saturated heterocycles. The number of hydrogen-bond donors (Lipinski definition) is 1. The van der Waals surface area contributed by atoms with Crippen molar-refractivity contribution in [2.24, 2.45) is 12.8 Å². The Bertz CT molecular complexity index is 505. The van der Waals surface area contributed by atoms with Crippen molar-refractivity contribution in [3.05, 3.63) is 51.8 Å². The molecule has 0 radical (unpaired) electrons. The van der Waals surface area contributed by atoms with Crippen LogP contribution in [0.3, 0.4) is 0 Å². The molecule has 0 fully saturated rings. The second-order valence-electron chi connectivity index (χ2n) is 3.87. The molecule has 1 unspecified atom stereocenters. The quantitative estimate of drug-likeness (QED) is 0.918. The van der Waals surface area contributed by atoms with Gasteiger partial charge in [0.15, 0.2) is 0 Å². The maximum Gasteiger partial charge on any atom is 0.0837 e. The molecular weight excluding hydrogens is 266 g/mol. The molecule has 4 heteroatoms. The summed E-state index contributed by atoms with van der Waals surface area (Å²) in [5.41, 5.74) is 9.33. The number of benzene rings is 1. The number of nitrogens with two attached hydrogens (primary N) is 1. The Balaban J connectivity index is 2.41. The maximum atomic E-state index is 6.19. The van der Waals surface area contributed by atoms with Gasteiger partial charge in [0.1, 0.15) is 0 Å². The zero-order chi connectivity index (χ0) is 11.7. The Kier molecular flexibility index (Phi) is 3.12. The molecule has 84 valence electrons. The van der Waals surface area contributed by atoms with Crippen molar-refractivity contribution in [1.29, 1.82) is 0 Å². The third kappa shape index (κ3) is 2.03. The summed E-state index contributed by atoms with van der Waals surface area (Å²) in [7, 11) is 1.89. The molecule has 1 heterocycles. The Hall–Kier alpha value is -1.13. The molecule has 2 N–H and O–H groups in total. The van der Waals surface area contributed by atoms with Gasteiger partial charge in [-0.3, -0.25) is 4.68 Å². The van der Waals surface area contributed by atoms with Crippen molar-refractivity contribution in [2.45, 2.75) is 13.0 Å². The zero-order valence-electron chi connectivity index (χ0n) is 9.31. The van der Waals surface area contributed by atoms with E-state index >= 15 is 0 Å². The molecule has 0 amide bonds. The van der Waals surface area contributed by atoms with Gasteiger partial charge in [-0.1, -0.05) is 34.1 Å². The molecule has 0 bridgehead atoms. The van der Waals surface area contributed by atoms with Crippen molar-refractivity contribution in [2.75, 3.05) is 0 Å². The Morgan fingerprint density at radius 2 is 2.12 bits per heavy atom. The van der Waals surface area contributed by atoms with Crippen LogP contribution in [0.4, 0.5) is 0 Å². The normalized spacial score (nSPS) is 12.8. The summed E-state index contributed by atoms with van der Waals surface area (Å²) in [6.07, 6.45) is 1.90. The van der Waals surface area contributed by atoms with Crippen LogP contribution in [0.1, 0.15) is 22.9 Å². The van der Waals surface area contributed by atoms with E-state index in [1.54, 1.807) is 4.68 Å². The molecule has 0 aliphatic heterocycles. The number of hydrogen-bond acceptors (Lipinski definition) is 2. The molecule has 0 aliphatic rings. The fourth-order valence-corrected chi connectivity index (χ4v) is 2.18. The molecule has 0 aliphatic carbocycles. The number of aromatic nitrogens is 2. The molecule has 0 spiro atoms. The summed E-state index contributed by atoms with van der Waals surface area (Å²) in [4.78, 5) is 0. The van der Waals surface area contributed by atoms with Gasteiger partial charge in [-0.05, 0) is 24.1 Å². The Labute approximate surface area is 103 Å². The highest BCUT2D eigenvalue weighted by Crippen LogP contribution is 2.28. The van der Waals surface area contributed by atoms with Gasteiger partial charge in [0.05, 0.1) is 11.7 Å². The first kappa shape index (κ1) is 11.4. The lowest BCUT2D eigenvalue weighted by atomic mass is 10.0. The highest BCUT2D eigenvalue weighted by atomic mass is 79.9. The molecule has 1 aromatic heterocycles. The lowest BCUT2D eigenvalue weighted by Crippen LogP contribution is -2.14. The minimum Gasteiger partial charge on any atom is -0.319 e. The third-order valence-electron chi connectivity index (χ3n) is 2.61. The number of nitrogens with zero attached hydrogens (tertiary/aromatic N) is 2. The van der Waals surface area contributed by atoms with Crippen LogP contribution in [0.5, 0.6) is 0 Å². The van der Waals surface area contributed by atoms with E-state index in [1.165, 1.54) is 5.56 Å². The smallest absolute Gasteiger partial charge is 0.0837 e. The summed E-state index contributed by atoms with van der Waals surface area (Å²) in [6.45, 7) is 2.05. The van der Waals surface area contributed by atoms with E-state index in [9.17, 15) is 0 Å². The van der Waals surface area contributed by atoms with Crippen LogP contribution in [0.25, 0.3) is 0 Å². The second-order valence-corrected chi connectivity index (χ2v) is 4.66. The maximum absolute atomic E-state index is 6.19. The molecule has 2 rings (SSSR count). The first-order valence-electron chi connectivity index (χ1n) is 5.09. The fraction of sp³-hybridized carbons (Fsp3) is 0.250. The molecule has 1 aromatic carbocycles. The van der Waals surface area contributed by atoms with Gasteiger partial charge in [-0.2, -0.15) is 5.10 Å². The number of rotatable bonds is 2. The molecule has 2 aromatic rings. The lowest BCUT2D eigenvalue weighted by molar-refractivity contribution is 0.714. The number of halogens is 1. The Morgan fingerprint density at radius 3 is 2.75 bits per heavy atom. The van der Waals surface area contributed by atoms with Crippen molar-refractivity contribution < 1.29 is 0 Å². The van der Waals surface area contributed by atoms with Gasteiger partial charge in [-0.25, -0.2) is 0 Å². The van der Waals surface area contributed by atoms with Crippen molar-refractivity contribution in [3.63, 3.8) is 0 Å². The standard InChI is InChI=1S/C12H14BrN3/c1-8-4-3-5-9(11(8)13)12(14)10-6-7-16(2)15-10/h3-7,12H,14H2,1-2H3. The minimum absolute atomic E-state index is 0.185. The lowest BCUT2D eigenvalue weighted by Gasteiger charge is -2.13. The van der Waals surface area contributed by atoms with E-state index in [0.29, 0.717) is 0 Å². The van der Waals surface area contributed by atoms with Crippen molar-refractivity contribution in [1.82, 2.24) is 9.78 Å². The summed E-state index contributed by atoms with van der Waals surface area (Å²) < 4.78 is 2.83. The van der Waals surface area contributed by atoms with Crippen LogP contribution in [0, 0.1) is 6.92 Å². The van der Waals surface area contributed by atoms with E-state index in [2.05, 4.69) is 34.0 Å². The average Bonchev–Trinajstić information content (AvgIpc) is 2.68. The van der Waals surface area contributed by atoms with E-state index in [-0.39, 0.29) is 6.04 Å². The molecule has 16 heavy (non-hydrogen) atoms. The van der Waals surface area contributed by atoms with Crippen LogP contribution in [-0.4, -0.2) is 9.78 Å². The summed E-state index contributed by atoms with van der Waals surface area (Å²) in [5.74, 6) is 0. The highest BCUT2D eigenvalue weighted by molar-refractivity contribution is 9.10. The van der Waals surface area contributed by atoms with Gasteiger partial charge >= 0.3 is 0 Å². The summed E-state index contributed by atoms with van der Waals surface area (Å²) in [6, 6.07) is 7.85. The largest absolute Gasteiger partial charge is 0.319 e. The predicted molar refractivity (Wildman–Crippen MR) is 68.1 cm³/mol. The van der Waals surface area contributed by atoms with E-state index < -0.39 is 0 Å². The first-order chi connectivity index (χ1) is 7.59. The zero-order valence-corrected chi connectivity index (χ0v) is 10.9. The van der Waals surface area contributed by atoms with Gasteiger partial charge < -0.3 is 5.73 Å². The number of aryl methyl sites for hydroxylation is 2. The van der Waals surface area contributed by atoms with Crippen LogP contribution < -0.4 is 5.73 Å². The average molecular weight is 280 g/mol. The van der Waals surface area contributed by atoms with E-state index in [1.807, 2.05) is 31.4 Å². The van der Waals surface area contributed by atoms with Crippen LogP contribution in [-0.2, 0) is 7.05 Å². The summed E-state index contributed by atoms with van der Waals surface area (Å²) in [5, 5.41) is 4.33. The molecule has 0 saturated carbocycles. The van der Waals surface area contributed by atoms with Crippen LogP contribution >= 0.6 is 15.9 Å². The molecule has 3 nitrogen and oxygen atoms in total. The minimum atomic E-state index is -0.185. The van der Waals surface area contributed by atoms with E-state index in [0.717, 1.165) is 15.7 Å². The van der Waals surface area contributed by atoms with Crippen molar-refractivity contribution >= 4 is 15.9 Å². The topological polar surface area (TPSA) is 43.8 Å². The van der Waals surface area contributed by atoms with Crippen LogP contribution in [0.2, 0.25) is 0 Å². The van der Waals surface area contributed by atoms with Crippen LogP contribution in [0.15, 0.2) is 34.9 Å². The molecular formula is C12H14BrN3. The van der Waals surface area contributed by atoms with Gasteiger partial charge in [0.2, 0.25) is 0 Å².